The van der Waals surface area contributed by atoms with Crippen molar-refractivity contribution in [2.75, 3.05) is 6.61 Å². The van der Waals surface area contributed by atoms with Crippen molar-refractivity contribution in [1.82, 2.24) is 10.4 Å². The van der Waals surface area contributed by atoms with Gasteiger partial charge in [-0.25, -0.2) is 5.48 Å². The predicted molar refractivity (Wildman–Crippen MR) is 87.8 cm³/mol. The summed E-state index contributed by atoms with van der Waals surface area (Å²) in [6, 6.07) is 5.02. The van der Waals surface area contributed by atoms with Crippen LogP contribution in [-0.4, -0.2) is 34.6 Å². The smallest absolute Gasteiger partial charge is 0.274 e. The molecule has 24 heavy (non-hydrogen) atoms. The number of nitrogens with zero attached hydrogens (tertiary/aromatic N) is 1. The number of fused-ring (bicyclic) bond motifs is 1. The molecular formula is C18H24N2O4. The number of rotatable bonds is 2. The standard InChI is InChI=1S/C18H24N2O4/c1-12-11-24-16-9-14(17(21)19-23)7-8-15(16)10-20(12)18(22)13-5-3-2-4-6-13/h7-9,12-13,23H,2-6,10-11H2,1H3,(H,19,21). The second kappa shape index (κ2) is 7.21. The molecule has 6 nitrogen and oxygen atoms in total. The van der Waals surface area contributed by atoms with E-state index in [9.17, 15) is 9.59 Å². The van der Waals surface area contributed by atoms with Crippen molar-refractivity contribution in [3.8, 4) is 5.75 Å². The SMILES string of the molecule is CC1COc2cc(C(=O)NO)ccc2CN1C(=O)C1CCCCC1. The molecule has 1 heterocycles. The van der Waals surface area contributed by atoms with Crippen molar-refractivity contribution in [1.29, 1.82) is 0 Å². The summed E-state index contributed by atoms with van der Waals surface area (Å²) >= 11 is 0. The zero-order valence-corrected chi connectivity index (χ0v) is 14.0. The number of nitrogens with one attached hydrogen (secondary N) is 1. The Hall–Kier alpha value is -2.08. The van der Waals surface area contributed by atoms with Gasteiger partial charge in [-0.2, -0.15) is 0 Å². The van der Waals surface area contributed by atoms with E-state index in [2.05, 4.69) is 0 Å². The van der Waals surface area contributed by atoms with Crippen LogP contribution in [0.4, 0.5) is 0 Å². The molecule has 1 fully saturated rings. The molecule has 1 atom stereocenters. The number of hydroxylamine groups is 1. The number of ether oxygens (including phenoxy) is 1. The lowest BCUT2D eigenvalue weighted by molar-refractivity contribution is -0.139. The molecule has 1 aliphatic carbocycles. The topological polar surface area (TPSA) is 78.9 Å². The van der Waals surface area contributed by atoms with E-state index in [1.165, 1.54) is 6.42 Å². The van der Waals surface area contributed by atoms with E-state index in [0.29, 0.717) is 24.5 Å². The fourth-order valence-electron chi connectivity index (χ4n) is 3.54. The average Bonchev–Trinajstić information content (AvgIpc) is 2.80. The summed E-state index contributed by atoms with van der Waals surface area (Å²) in [6.07, 6.45) is 5.44. The number of amides is 2. The monoisotopic (exact) mass is 332 g/mol. The fourth-order valence-corrected chi connectivity index (χ4v) is 3.54. The van der Waals surface area contributed by atoms with Gasteiger partial charge >= 0.3 is 0 Å². The Labute approximate surface area is 141 Å². The second-order valence-corrected chi connectivity index (χ2v) is 6.72. The van der Waals surface area contributed by atoms with Crippen LogP contribution in [0.25, 0.3) is 0 Å². The fraction of sp³-hybridized carbons (Fsp3) is 0.556. The molecule has 130 valence electrons. The molecule has 2 aliphatic rings. The molecule has 1 unspecified atom stereocenters. The van der Waals surface area contributed by atoms with Gasteiger partial charge in [-0.15, -0.1) is 0 Å². The quantitative estimate of drug-likeness (QED) is 0.644. The van der Waals surface area contributed by atoms with Gasteiger partial charge in [-0.3, -0.25) is 14.8 Å². The molecule has 1 aromatic carbocycles. The van der Waals surface area contributed by atoms with Crippen molar-refractivity contribution in [3.05, 3.63) is 29.3 Å². The minimum atomic E-state index is -0.575. The number of benzene rings is 1. The Balaban J connectivity index is 1.81. The van der Waals surface area contributed by atoms with E-state index in [1.54, 1.807) is 23.7 Å². The Bertz CT molecular complexity index is 625. The molecule has 3 rings (SSSR count). The summed E-state index contributed by atoms with van der Waals surface area (Å²) in [6.45, 7) is 2.89. The zero-order chi connectivity index (χ0) is 17.1. The van der Waals surface area contributed by atoms with Crippen LogP contribution in [0.3, 0.4) is 0 Å². The van der Waals surface area contributed by atoms with E-state index in [1.807, 2.05) is 11.8 Å². The van der Waals surface area contributed by atoms with Gasteiger partial charge in [0, 0.05) is 23.6 Å². The van der Waals surface area contributed by atoms with Crippen LogP contribution in [-0.2, 0) is 11.3 Å². The lowest BCUT2D eigenvalue weighted by atomic mass is 9.88. The number of carbonyl (C=O) groups is 2. The minimum absolute atomic E-state index is 0.0121. The third kappa shape index (κ3) is 3.38. The summed E-state index contributed by atoms with van der Waals surface area (Å²) in [5.74, 6) is 0.369. The molecule has 0 bridgehead atoms. The molecule has 0 radical (unpaired) electrons. The van der Waals surface area contributed by atoms with Crippen LogP contribution < -0.4 is 10.2 Å². The van der Waals surface area contributed by atoms with Gasteiger partial charge in [-0.05, 0) is 31.9 Å². The molecule has 0 aromatic heterocycles. The van der Waals surface area contributed by atoms with Crippen LogP contribution in [0.5, 0.6) is 5.75 Å². The van der Waals surface area contributed by atoms with Crippen LogP contribution in [0, 0.1) is 5.92 Å². The zero-order valence-electron chi connectivity index (χ0n) is 14.0. The number of carbonyl (C=O) groups excluding carboxylic acids is 2. The van der Waals surface area contributed by atoms with Crippen molar-refractivity contribution >= 4 is 11.8 Å². The average molecular weight is 332 g/mol. The third-order valence-corrected chi connectivity index (χ3v) is 5.02. The largest absolute Gasteiger partial charge is 0.491 e. The summed E-state index contributed by atoms with van der Waals surface area (Å²) in [7, 11) is 0. The van der Waals surface area contributed by atoms with Crippen molar-refractivity contribution in [2.45, 2.75) is 51.6 Å². The highest BCUT2D eigenvalue weighted by atomic mass is 16.5. The summed E-state index contributed by atoms with van der Waals surface area (Å²) < 4.78 is 5.81. The first-order valence-corrected chi connectivity index (χ1v) is 8.61. The lowest BCUT2D eigenvalue weighted by Gasteiger charge is -2.32. The van der Waals surface area contributed by atoms with Gasteiger partial charge in [0.2, 0.25) is 5.91 Å². The highest BCUT2D eigenvalue weighted by Gasteiger charge is 2.31. The Kier molecular flexibility index (Phi) is 5.04. The number of hydrogen-bond donors (Lipinski definition) is 2. The molecule has 1 aromatic rings. The molecular weight excluding hydrogens is 308 g/mol. The second-order valence-electron chi connectivity index (χ2n) is 6.72. The van der Waals surface area contributed by atoms with Gasteiger partial charge in [-0.1, -0.05) is 25.3 Å². The maximum Gasteiger partial charge on any atom is 0.274 e. The van der Waals surface area contributed by atoms with E-state index >= 15 is 0 Å². The molecule has 2 N–H and O–H groups in total. The predicted octanol–water partition coefficient (Wildman–Crippen LogP) is 2.50. The maximum absolute atomic E-state index is 12.9. The van der Waals surface area contributed by atoms with Gasteiger partial charge in [0.15, 0.2) is 0 Å². The Morgan fingerprint density at radius 2 is 2.00 bits per heavy atom. The van der Waals surface area contributed by atoms with E-state index in [4.69, 9.17) is 9.94 Å². The summed E-state index contributed by atoms with van der Waals surface area (Å²) in [4.78, 5) is 26.4. The molecule has 1 saturated carbocycles. The van der Waals surface area contributed by atoms with Gasteiger partial charge < -0.3 is 9.64 Å². The van der Waals surface area contributed by atoms with Crippen LogP contribution in [0.1, 0.15) is 54.9 Å². The minimum Gasteiger partial charge on any atom is -0.491 e. The van der Waals surface area contributed by atoms with Gasteiger partial charge in [0.05, 0.1) is 6.04 Å². The van der Waals surface area contributed by atoms with E-state index in [-0.39, 0.29) is 17.9 Å². The molecule has 2 amide bonds. The van der Waals surface area contributed by atoms with Gasteiger partial charge in [0.25, 0.3) is 5.91 Å². The molecule has 0 saturated heterocycles. The molecule has 0 spiro atoms. The highest BCUT2D eigenvalue weighted by Crippen LogP contribution is 2.30. The first-order valence-electron chi connectivity index (χ1n) is 8.61. The first-order chi connectivity index (χ1) is 11.6. The molecule has 6 heteroatoms. The molecule has 1 aliphatic heterocycles. The van der Waals surface area contributed by atoms with Crippen LogP contribution in [0.15, 0.2) is 18.2 Å². The maximum atomic E-state index is 12.9. The normalized spacial score (nSPS) is 21.4. The van der Waals surface area contributed by atoms with Crippen LogP contribution >= 0.6 is 0 Å². The number of hydrogen-bond acceptors (Lipinski definition) is 4. The lowest BCUT2D eigenvalue weighted by Crippen LogP contribution is -2.43. The van der Waals surface area contributed by atoms with Crippen molar-refractivity contribution in [3.63, 3.8) is 0 Å². The highest BCUT2D eigenvalue weighted by molar-refractivity contribution is 5.93. The summed E-state index contributed by atoms with van der Waals surface area (Å²) in [5, 5.41) is 8.76. The van der Waals surface area contributed by atoms with Crippen molar-refractivity contribution in [2.24, 2.45) is 5.92 Å². The van der Waals surface area contributed by atoms with E-state index in [0.717, 1.165) is 31.2 Å². The Morgan fingerprint density at radius 1 is 1.25 bits per heavy atom. The van der Waals surface area contributed by atoms with E-state index < -0.39 is 5.91 Å². The summed E-state index contributed by atoms with van der Waals surface area (Å²) in [5.41, 5.74) is 2.84. The third-order valence-electron chi connectivity index (χ3n) is 5.02. The Morgan fingerprint density at radius 3 is 2.71 bits per heavy atom. The first kappa shape index (κ1) is 16.8. The van der Waals surface area contributed by atoms with Crippen LogP contribution in [0.2, 0.25) is 0 Å². The van der Waals surface area contributed by atoms with Gasteiger partial charge in [0.1, 0.15) is 12.4 Å². The van der Waals surface area contributed by atoms with Crippen molar-refractivity contribution < 1.29 is 19.5 Å².